The molecule has 1 saturated heterocycles. The number of amides is 2. The first-order valence-electron chi connectivity index (χ1n) is 10.4. The zero-order chi connectivity index (χ0) is 20.3. The molecule has 1 rings (SSSR count). The number of carbonyl (C=O) groups is 3. The van der Waals surface area contributed by atoms with Crippen molar-refractivity contribution in [3.63, 3.8) is 0 Å². The van der Waals surface area contributed by atoms with Gasteiger partial charge in [0, 0.05) is 24.5 Å². The van der Waals surface area contributed by atoms with E-state index >= 15 is 0 Å². The zero-order valence-electron chi connectivity index (χ0n) is 17.6. The number of nitrogens with zero attached hydrogens (tertiary/aromatic N) is 1. The Morgan fingerprint density at radius 3 is 1.96 bits per heavy atom. The van der Waals surface area contributed by atoms with E-state index in [1.54, 1.807) is 0 Å². The summed E-state index contributed by atoms with van der Waals surface area (Å²) in [5.74, 6) is -0.0671. The molecule has 0 N–H and O–H groups in total. The molecule has 1 unspecified atom stereocenters. The maximum atomic E-state index is 11.7. The minimum atomic E-state index is -0.486. The fourth-order valence-electron chi connectivity index (χ4n) is 2.75. The summed E-state index contributed by atoms with van der Waals surface area (Å²) in [4.78, 5) is 39.2. The fraction of sp³-hybridized carbons (Fsp3) is 0.857. The molecule has 2 amide bonds. The molecule has 6 heteroatoms. The van der Waals surface area contributed by atoms with Crippen LogP contribution in [0.3, 0.4) is 0 Å². The van der Waals surface area contributed by atoms with E-state index in [-0.39, 0.29) is 19.3 Å². The van der Waals surface area contributed by atoms with Crippen molar-refractivity contribution in [2.24, 2.45) is 5.41 Å². The zero-order valence-corrected chi connectivity index (χ0v) is 18.4. The summed E-state index contributed by atoms with van der Waals surface area (Å²) in [5.41, 5.74) is 0.386. The Morgan fingerprint density at radius 2 is 1.44 bits per heavy atom. The highest BCUT2D eigenvalue weighted by Crippen LogP contribution is 2.30. The van der Waals surface area contributed by atoms with E-state index in [4.69, 9.17) is 4.84 Å². The van der Waals surface area contributed by atoms with Crippen molar-refractivity contribution in [2.45, 2.75) is 104 Å². The Balaban J connectivity index is 1.90. The molecule has 0 aromatic heterocycles. The lowest BCUT2D eigenvalue weighted by molar-refractivity contribution is -0.197. The molecular formula is C21H37NO4S. The van der Waals surface area contributed by atoms with Crippen molar-refractivity contribution < 1.29 is 19.2 Å². The van der Waals surface area contributed by atoms with Crippen LogP contribution in [0.2, 0.25) is 0 Å². The number of hydrogen-bond donors (Lipinski definition) is 0. The van der Waals surface area contributed by atoms with E-state index in [0.717, 1.165) is 19.3 Å². The monoisotopic (exact) mass is 399 g/mol. The quantitative estimate of drug-likeness (QED) is 0.312. The topological polar surface area (TPSA) is 63.7 Å². The summed E-state index contributed by atoms with van der Waals surface area (Å²) in [5, 5.41) is 1.33. The molecule has 0 bridgehead atoms. The lowest BCUT2D eigenvalue weighted by Crippen LogP contribution is -2.31. The average molecular weight is 400 g/mol. The van der Waals surface area contributed by atoms with E-state index in [1.165, 1.54) is 37.9 Å². The van der Waals surface area contributed by atoms with Crippen LogP contribution in [0.1, 0.15) is 98.3 Å². The van der Waals surface area contributed by atoms with Crippen molar-refractivity contribution in [3.8, 4) is 0 Å². The molecule has 27 heavy (non-hydrogen) atoms. The summed E-state index contributed by atoms with van der Waals surface area (Å²) < 4.78 is 0. The van der Waals surface area contributed by atoms with Gasteiger partial charge in [-0.15, -0.1) is 5.06 Å². The van der Waals surface area contributed by atoms with Crippen molar-refractivity contribution in [2.75, 3.05) is 5.75 Å². The van der Waals surface area contributed by atoms with Crippen molar-refractivity contribution in [1.29, 1.82) is 0 Å². The van der Waals surface area contributed by atoms with Gasteiger partial charge in [0.25, 0.3) is 11.8 Å². The lowest BCUT2D eigenvalue weighted by atomic mass is 9.93. The second-order valence-corrected chi connectivity index (χ2v) is 9.95. The predicted octanol–water partition coefficient (Wildman–Crippen LogP) is 5.27. The standard InChI is InChI=1S/C21H37NO4S/c1-17(21(2,3)4)27-16-12-10-8-6-5-7-9-11-13-20(25)26-22-18(23)14-15-19(22)24/h17H,5-16H2,1-4H3. The molecular weight excluding hydrogens is 362 g/mol. The number of carbonyl (C=O) groups excluding carboxylic acids is 3. The van der Waals surface area contributed by atoms with Crippen LogP contribution in [0.25, 0.3) is 0 Å². The molecule has 1 atom stereocenters. The third-order valence-electron chi connectivity index (χ3n) is 5.06. The Labute approximate surface area is 168 Å². The van der Waals surface area contributed by atoms with Gasteiger partial charge in [-0.25, -0.2) is 4.79 Å². The maximum absolute atomic E-state index is 11.7. The molecule has 0 saturated carbocycles. The van der Waals surface area contributed by atoms with E-state index < -0.39 is 17.8 Å². The van der Waals surface area contributed by atoms with Crippen LogP contribution < -0.4 is 0 Å². The molecule has 1 fully saturated rings. The highest BCUT2D eigenvalue weighted by atomic mass is 32.2. The van der Waals surface area contributed by atoms with Crippen LogP contribution >= 0.6 is 11.8 Å². The number of hydroxylamine groups is 2. The molecule has 0 aliphatic carbocycles. The van der Waals surface area contributed by atoms with Crippen LogP contribution in [0.5, 0.6) is 0 Å². The minimum Gasteiger partial charge on any atom is -0.330 e. The smallest absolute Gasteiger partial charge is 0.330 e. The highest BCUT2D eigenvalue weighted by Gasteiger charge is 2.32. The van der Waals surface area contributed by atoms with Crippen molar-refractivity contribution >= 4 is 29.5 Å². The van der Waals surface area contributed by atoms with Gasteiger partial charge in [-0.3, -0.25) is 9.59 Å². The molecule has 1 aliphatic rings. The summed E-state index contributed by atoms with van der Waals surface area (Å²) in [6.45, 7) is 9.22. The summed E-state index contributed by atoms with van der Waals surface area (Å²) in [6.07, 6.45) is 9.72. The molecule has 0 aromatic rings. The van der Waals surface area contributed by atoms with Crippen LogP contribution in [0, 0.1) is 5.41 Å². The fourth-order valence-corrected chi connectivity index (χ4v) is 3.97. The number of imide groups is 1. The molecule has 0 spiro atoms. The van der Waals surface area contributed by atoms with Crippen LogP contribution in [-0.4, -0.2) is 33.8 Å². The normalized spacial score (nSPS) is 16.1. The third-order valence-corrected chi connectivity index (χ3v) is 6.79. The third kappa shape index (κ3) is 10.2. The van der Waals surface area contributed by atoms with Crippen LogP contribution in [0.15, 0.2) is 0 Å². The molecule has 156 valence electrons. The molecule has 1 aliphatic heterocycles. The van der Waals surface area contributed by atoms with E-state index in [9.17, 15) is 14.4 Å². The van der Waals surface area contributed by atoms with Crippen LogP contribution in [-0.2, 0) is 19.2 Å². The van der Waals surface area contributed by atoms with Gasteiger partial charge >= 0.3 is 5.97 Å². The Kier molecular flexibility index (Phi) is 11.0. The second kappa shape index (κ2) is 12.4. The van der Waals surface area contributed by atoms with Crippen molar-refractivity contribution in [3.05, 3.63) is 0 Å². The average Bonchev–Trinajstić information content (AvgIpc) is 2.90. The van der Waals surface area contributed by atoms with Gasteiger partial charge in [-0.1, -0.05) is 66.2 Å². The van der Waals surface area contributed by atoms with Gasteiger partial charge in [0.2, 0.25) is 0 Å². The van der Waals surface area contributed by atoms with Gasteiger partial charge < -0.3 is 4.84 Å². The Bertz CT molecular complexity index is 471. The summed E-state index contributed by atoms with van der Waals surface area (Å²) in [6, 6.07) is 0. The maximum Gasteiger partial charge on any atom is 0.333 e. The number of thioether (sulfide) groups is 1. The van der Waals surface area contributed by atoms with Crippen LogP contribution in [0.4, 0.5) is 0 Å². The summed E-state index contributed by atoms with van der Waals surface area (Å²) >= 11 is 2.08. The lowest BCUT2D eigenvalue weighted by Gasteiger charge is -2.26. The first-order chi connectivity index (χ1) is 12.7. The van der Waals surface area contributed by atoms with E-state index in [0.29, 0.717) is 15.7 Å². The number of rotatable bonds is 13. The number of hydrogen-bond acceptors (Lipinski definition) is 5. The molecule has 0 radical (unpaired) electrons. The SMILES string of the molecule is CC(SCCCCCCCCCCC(=O)ON1C(=O)CCC1=O)C(C)(C)C. The van der Waals surface area contributed by atoms with E-state index in [2.05, 4.69) is 39.5 Å². The van der Waals surface area contributed by atoms with Gasteiger partial charge in [-0.05, 0) is 24.0 Å². The Hall–Kier alpha value is -1.04. The predicted molar refractivity (Wildman–Crippen MR) is 110 cm³/mol. The number of unbranched alkanes of at least 4 members (excludes halogenated alkanes) is 7. The minimum absolute atomic E-state index is 0.139. The molecule has 5 nitrogen and oxygen atoms in total. The van der Waals surface area contributed by atoms with Gasteiger partial charge in [0.05, 0.1) is 0 Å². The first kappa shape index (κ1) is 24.0. The Morgan fingerprint density at radius 1 is 0.963 bits per heavy atom. The van der Waals surface area contributed by atoms with Gasteiger partial charge in [-0.2, -0.15) is 11.8 Å². The first-order valence-corrected chi connectivity index (χ1v) is 11.4. The van der Waals surface area contributed by atoms with Gasteiger partial charge in [0.1, 0.15) is 0 Å². The second-order valence-electron chi connectivity index (χ2n) is 8.50. The largest absolute Gasteiger partial charge is 0.333 e. The van der Waals surface area contributed by atoms with E-state index in [1.807, 2.05) is 0 Å². The molecule has 1 heterocycles. The van der Waals surface area contributed by atoms with Crippen molar-refractivity contribution in [1.82, 2.24) is 5.06 Å². The summed E-state index contributed by atoms with van der Waals surface area (Å²) in [7, 11) is 0. The molecule has 0 aromatic carbocycles. The highest BCUT2D eigenvalue weighted by molar-refractivity contribution is 7.99. The van der Waals surface area contributed by atoms with Gasteiger partial charge in [0.15, 0.2) is 0 Å².